The largest absolute Gasteiger partial charge is 0.496 e. The van der Waals surface area contributed by atoms with E-state index >= 15 is 0 Å². The van der Waals surface area contributed by atoms with Gasteiger partial charge in [0, 0.05) is 23.4 Å². The van der Waals surface area contributed by atoms with Crippen molar-refractivity contribution in [2.75, 3.05) is 7.11 Å². The summed E-state index contributed by atoms with van der Waals surface area (Å²) < 4.78 is 43.4. The number of methoxy groups -OCH3 is 1. The van der Waals surface area contributed by atoms with Gasteiger partial charge >= 0.3 is 6.18 Å². The summed E-state index contributed by atoms with van der Waals surface area (Å²) in [4.78, 5) is 15.7. The maximum atomic E-state index is 12.7. The summed E-state index contributed by atoms with van der Waals surface area (Å²) in [5.41, 5.74) is -0.0411. The molecule has 0 amide bonds. The molecule has 1 aromatic carbocycles. The van der Waals surface area contributed by atoms with Crippen molar-refractivity contribution < 1.29 is 22.7 Å². The molecule has 8 heteroatoms. The first-order valence-corrected chi connectivity index (χ1v) is 6.96. The van der Waals surface area contributed by atoms with Crippen molar-refractivity contribution in [2.24, 2.45) is 0 Å². The second kappa shape index (κ2) is 5.95. The molecule has 24 heavy (non-hydrogen) atoms. The predicted molar refractivity (Wildman–Crippen MR) is 79.9 cm³/mol. The maximum absolute atomic E-state index is 12.7. The van der Waals surface area contributed by atoms with Gasteiger partial charge in [0.25, 0.3) is 0 Å². The highest BCUT2D eigenvalue weighted by molar-refractivity contribution is 5.97. The van der Waals surface area contributed by atoms with Crippen molar-refractivity contribution in [1.82, 2.24) is 15.2 Å². The van der Waals surface area contributed by atoms with Crippen LogP contribution in [0.25, 0.3) is 10.9 Å². The van der Waals surface area contributed by atoms with E-state index in [-0.39, 0.29) is 12.1 Å². The van der Waals surface area contributed by atoms with Crippen molar-refractivity contribution in [1.29, 1.82) is 0 Å². The van der Waals surface area contributed by atoms with Gasteiger partial charge in [-0.3, -0.25) is 9.89 Å². The van der Waals surface area contributed by atoms with Crippen LogP contribution in [-0.2, 0) is 12.6 Å². The van der Waals surface area contributed by atoms with E-state index in [0.29, 0.717) is 11.3 Å². The molecule has 1 N–H and O–H groups in total. The van der Waals surface area contributed by atoms with Crippen LogP contribution in [0.5, 0.6) is 5.75 Å². The number of H-pyrrole nitrogens is 1. The Labute approximate surface area is 134 Å². The molecule has 0 radical (unpaired) electrons. The van der Waals surface area contributed by atoms with Crippen molar-refractivity contribution >= 4 is 16.7 Å². The highest BCUT2D eigenvalue weighted by Crippen LogP contribution is 2.28. The first kappa shape index (κ1) is 16.0. The van der Waals surface area contributed by atoms with Crippen LogP contribution >= 0.6 is 0 Å². The molecule has 0 atom stereocenters. The van der Waals surface area contributed by atoms with Crippen LogP contribution in [0.3, 0.4) is 0 Å². The average Bonchev–Trinajstić information content (AvgIpc) is 3.00. The van der Waals surface area contributed by atoms with Gasteiger partial charge in [0.05, 0.1) is 18.8 Å². The molecule has 3 rings (SSSR count). The summed E-state index contributed by atoms with van der Waals surface area (Å²) in [5.74, 6) is -0.0747. The van der Waals surface area contributed by atoms with Gasteiger partial charge in [0.2, 0.25) is 0 Å². The molecule has 3 aromatic rings. The molecule has 2 aromatic heterocycles. The number of aromatic nitrogens is 3. The number of carbonyl (C=O) groups is 1. The highest BCUT2D eigenvalue weighted by atomic mass is 19.4. The third-order valence-electron chi connectivity index (χ3n) is 3.52. The van der Waals surface area contributed by atoms with Crippen LogP contribution in [0.1, 0.15) is 21.7 Å². The van der Waals surface area contributed by atoms with E-state index in [2.05, 4.69) is 15.2 Å². The Morgan fingerprint density at radius 3 is 2.79 bits per heavy atom. The number of hydrogen-bond donors (Lipinski definition) is 1. The molecule has 5 nitrogen and oxygen atoms in total. The van der Waals surface area contributed by atoms with E-state index in [1.807, 2.05) is 0 Å². The van der Waals surface area contributed by atoms with E-state index in [0.717, 1.165) is 17.0 Å². The average molecular weight is 335 g/mol. The molecule has 0 aliphatic carbocycles. The smallest absolute Gasteiger partial charge is 0.433 e. The highest BCUT2D eigenvalue weighted by Gasteiger charge is 2.32. The van der Waals surface area contributed by atoms with Crippen molar-refractivity contribution in [3.8, 4) is 5.75 Å². The lowest BCUT2D eigenvalue weighted by Crippen LogP contribution is -2.13. The maximum Gasteiger partial charge on any atom is 0.433 e. The normalized spacial score (nSPS) is 11.7. The monoisotopic (exact) mass is 335 g/mol. The number of fused-ring (bicyclic) bond motifs is 1. The van der Waals surface area contributed by atoms with Crippen LogP contribution < -0.4 is 4.74 Å². The van der Waals surface area contributed by atoms with E-state index < -0.39 is 17.7 Å². The number of halogens is 3. The molecule has 0 saturated heterocycles. The number of Topliss-reactive ketones (excluding diaryl/α,β-unsaturated/α-hetero) is 1. The predicted octanol–water partition coefficient (Wildman–Crippen LogP) is 3.41. The fourth-order valence-corrected chi connectivity index (χ4v) is 2.36. The first-order valence-electron chi connectivity index (χ1n) is 6.96. The standard InChI is InChI=1S/C16H12F3N3O2/c1-24-14-7-12-10(8-20-22-12)5-9(14)6-13(23)11-3-2-4-15(21-11)16(17,18)19/h2-5,7-8H,6H2,1H3,(H,20,22). The van der Waals surface area contributed by atoms with Crippen LogP contribution in [0.2, 0.25) is 0 Å². The topological polar surface area (TPSA) is 67.9 Å². The van der Waals surface area contributed by atoms with E-state index in [1.165, 1.54) is 19.2 Å². The number of aromatic amines is 1. The Morgan fingerprint density at radius 2 is 2.08 bits per heavy atom. The molecule has 124 valence electrons. The van der Waals surface area contributed by atoms with Gasteiger partial charge in [-0.25, -0.2) is 4.98 Å². The quantitative estimate of drug-likeness (QED) is 0.742. The summed E-state index contributed by atoms with van der Waals surface area (Å²) in [6, 6.07) is 6.66. The zero-order chi connectivity index (χ0) is 17.3. The Balaban J connectivity index is 1.92. The molecule has 0 bridgehead atoms. The van der Waals surface area contributed by atoms with Gasteiger partial charge in [-0.2, -0.15) is 18.3 Å². The van der Waals surface area contributed by atoms with Gasteiger partial charge in [-0.05, 0) is 18.2 Å². The second-order valence-corrected chi connectivity index (χ2v) is 5.13. The lowest BCUT2D eigenvalue weighted by Gasteiger charge is -2.09. The summed E-state index contributed by atoms with van der Waals surface area (Å²) in [6.07, 6.45) is -3.13. The van der Waals surface area contributed by atoms with Crippen LogP contribution in [-0.4, -0.2) is 28.1 Å². The Hall–Kier alpha value is -2.90. The number of pyridine rings is 1. The summed E-state index contributed by atoms with van der Waals surface area (Å²) >= 11 is 0. The number of rotatable bonds is 4. The van der Waals surface area contributed by atoms with Gasteiger partial charge < -0.3 is 4.74 Å². The van der Waals surface area contributed by atoms with E-state index in [1.54, 1.807) is 18.3 Å². The zero-order valence-electron chi connectivity index (χ0n) is 12.5. The van der Waals surface area contributed by atoms with Gasteiger partial charge in [0.15, 0.2) is 5.78 Å². The minimum Gasteiger partial charge on any atom is -0.496 e. The van der Waals surface area contributed by atoms with Crippen LogP contribution in [0.4, 0.5) is 13.2 Å². The Kier molecular flexibility index (Phi) is 3.96. The molecule has 0 aliphatic rings. The number of carbonyl (C=O) groups excluding carboxylic acids is 1. The molecule has 0 saturated carbocycles. The molecule has 0 unspecified atom stereocenters. The SMILES string of the molecule is COc1cc2[nH]ncc2cc1CC(=O)c1cccc(C(F)(F)F)n1. The Morgan fingerprint density at radius 1 is 1.29 bits per heavy atom. The van der Waals surface area contributed by atoms with Crippen molar-refractivity contribution in [3.63, 3.8) is 0 Å². The molecule has 0 spiro atoms. The number of ketones is 1. The number of nitrogens with zero attached hydrogens (tertiary/aromatic N) is 2. The van der Waals surface area contributed by atoms with E-state index in [4.69, 9.17) is 4.74 Å². The van der Waals surface area contributed by atoms with Crippen LogP contribution in [0.15, 0.2) is 36.5 Å². The third-order valence-corrected chi connectivity index (χ3v) is 3.52. The summed E-state index contributed by atoms with van der Waals surface area (Å²) in [7, 11) is 1.45. The fraction of sp³-hybridized carbons (Fsp3) is 0.188. The van der Waals surface area contributed by atoms with E-state index in [9.17, 15) is 18.0 Å². The minimum atomic E-state index is -4.59. The number of ether oxygens (including phenoxy) is 1. The fourth-order valence-electron chi connectivity index (χ4n) is 2.36. The number of hydrogen-bond acceptors (Lipinski definition) is 4. The number of alkyl halides is 3. The van der Waals surface area contributed by atoms with Crippen LogP contribution in [0, 0.1) is 0 Å². The van der Waals surface area contributed by atoms with Crippen molar-refractivity contribution in [3.05, 3.63) is 53.5 Å². The lowest BCUT2D eigenvalue weighted by molar-refractivity contribution is -0.141. The number of nitrogens with one attached hydrogen (secondary N) is 1. The molecular weight excluding hydrogens is 323 g/mol. The molecular formula is C16H12F3N3O2. The van der Waals surface area contributed by atoms with Gasteiger partial charge in [0.1, 0.15) is 17.1 Å². The molecule has 0 aliphatic heterocycles. The summed E-state index contributed by atoms with van der Waals surface area (Å²) in [6.45, 7) is 0. The van der Waals surface area contributed by atoms with Crippen molar-refractivity contribution in [2.45, 2.75) is 12.6 Å². The lowest BCUT2D eigenvalue weighted by atomic mass is 10.0. The second-order valence-electron chi connectivity index (χ2n) is 5.13. The summed E-state index contributed by atoms with van der Waals surface area (Å²) in [5, 5.41) is 7.44. The first-order chi connectivity index (χ1) is 11.4. The van der Waals surface area contributed by atoms with Gasteiger partial charge in [-0.1, -0.05) is 6.07 Å². The zero-order valence-corrected chi connectivity index (χ0v) is 12.5. The molecule has 2 heterocycles. The third kappa shape index (κ3) is 3.08. The van der Waals surface area contributed by atoms with Gasteiger partial charge in [-0.15, -0.1) is 0 Å². The molecule has 0 fully saturated rings. The minimum absolute atomic E-state index is 0.126. The Bertz CT molecular complexity index is 903. The number of benzene rings is 1.